The maximum Gasteiger partial charge on any atom is 0.173 e. The van der Waals surface area contributed by atoms with E-state index in [4.69, 9.17) is 13.9 Å². The Balaban J connectivity index is 1.85. The van der Waals surface area contributed by atoms with E-state index < -0.39 is 0 Å². The van der Waals surface area contributed by atoms with Crippen LogP contribution in [-0.4, -0.2) is 19.0 Å². The number of hydrogen-bond donors (Lipinski definition) is 0. The van der Waals surface area contributed by atoms with Gasteiger partial charge >= 0.3 is 0 Å². The number of benzene rings is 1. The molecule has 88 valence electrons. The quantitative estimate of drug-likeness (QED) is 0.697. The summed E-state index contributed by atoms with van der Waals surface area (Å²) in [5.41, 5.74) is 2.25. The van der Waals surface area contributed by atoms with Gasteiger partial charge in [0.15, 0.2) is 5.79 Å². The van der Waals surface area contributed by atoms with Crippen molar-refractivity contribution in [2.24, 2.45) is 0 Å². The minimum Gasteiger partial charge on any atom is -0.461 e. The first-order chi connectivity index (χ1) is 8.36. The van der Waals surface area contributed by atoms with E-state index in [1.165, 1.54) is 10.9 Å². The van der Waals surface area contributed by atoms with Crippen molar-refractivity contribution in [2.75, 3.05) is 13.2 Å². The number of rotatable bonds is 0. The highest BCUT2D eigenvalue weighted by atomic mass is 16.7. The molecule has 0 unspecified atom stereocenters. The summed E-state index contributed by atoms with van der Waals surface area (Å²) < 4.78 is 17.5. The van der Waals surface area contributed by atoms with Crippen molar-refractivity contribution in [1.29, 1.82) is 0 Å². The molecule has 1 aromatic heterocycles. The highest BCUT2D eigenvalue weighted by Crippen LogP contribution is 2.39. The zero-order valence-corrected chi connectivity index (χ0v) is 9.57. The molecule has 1 aliphatic heterocycles. The summed E-state index contributed by atoms with van der Waals surface area (Å²) in [7, 11) is 0. The van der Waals surface area contributed by atoms with Crippen molar-refractivity contribution in [3.63, 3.8) is 0 Å². The molecule has 0 bridgehead atoms. The third kappa shape index (κ3) is 1.36. The van der Waals surface area contributed by atoms with Gasteiger partial charge in [0.05, 0.1) is 13.2 Å². The lowest BCUT2D eigenvalue weighted by atomic mass is 9.91. The van der Waals surface area contributed by atoms with E-state index in [2.05, 4.69) is 12.1 Å². The molecule has 3 heteroatoms. The second-order valence-electron chi connectivity index (χ2n) is 4.78. The SMILES string of the molecule is c1ccc2c3c(oc2c1)CCC1(C3)OCCO1. The van der Waals surface area contributed by atoms with Gasteiger partial charge in [0.2, 0.25) is 0 Å². The van der Waals surface area contributed by atoms with Gasteiger partial charge in [0, 0.05) is 30.2 Å². The van der Waals surface area contributed by atoms with Crippen LogP contribution in [0.15, 0.2) is 28.7 Å². The van der Waals surface area contributed by atoms with Gasteiger partial charge in [-0.15, -0.1) is 0 Å². The van der Waals surface area contributed by atoms with Crippen LogP contribution in [0.2, 0.25) is 0 Å². The van der Waals surface area contributed by atoms with E-state index >= 15 is 0 Å². The number of ether oxygens (including phenoxy) is 2. The zero-order chi connectivity index (χ0) is 11.3. The average molecular weight is 230 g/mol. The summed E-state index contributed by atoms with van der Waals surface area (Å²) in [6.45, 7) is 1.43. The summed E-state index contributed by atoms with van der Waals surface area (Å²) in [5, 5.41) is 1.21. The Morgan fingerprint density at radius 3 is 2.76 bits per heavy atom. The Bertz CT molecular complexity index is 564. The van der Waals surface area contributed by atoms with Crippen molar-refractivity contribution >= 4 is 11.0 Å². The van der Waals surface area contributed by atoms with Crippen molar-refractivity contribution in [3.05, 3.63) is 35.6 Å². The number of furan rings is 1. The average Bonchev–Trinajstić information content (AvgIpc) is 2.95. The van der Waals surface area contributed by atoms with Gasteiger partial charge in [0.1, 0.15) is 11.3 Å². The highest BCUT2D eigenvalue weighted by molar-refractivity contribution is 5.82. The van der Waals surface area contributed by atoms with Gasteiger partial charge in [-0.05, 0) is 6.07 Å². The van der Waals surface area contributed by atoms with E-state index in [1.807, 2.05) is 12.1 Å². The van der Waals surface area contributed by atoms with E-state index in [9.17, 15) is 0 Å². The van der Waals surface area contributed by atoms with Crippen LogP contribution in [0.5, 0.6) is 0 Å². The molecule has 1 aromatic carbocycles. The fourth-order valence-corrected chi connectivity index (χ4v) is 2.95. The van der Waals surface area contributed by atoms with Gasteiger partial charge < -0.3 is 13.9 Å². The molecule has 1 saturated heterocycles. The number of fused-ring (bicyclic) bond motifs is 3. The predicted octanol–water partition coefficient (Wildman–Crippen LogP) is 2.66. The summed E-state index contributed by atoms with van der Waals surface area (Å²) in [5.74, 6) is 0.732. The lowest BCUT2D eigenvalue weighted by Crippen LogP contribution is -2.36. The van der Waals surface area contributed by atoms with Crippen LogP contribution in [-0.2, 0) is 22.3 Å². The molecule has 17 heavy (non-hydrogen) atoms. The first-order valence-electron chi connectivity index (χ1n) is 6.14. The van der Waals surface area contributed by atoms with Gasteiger partial charge in [-0.2, -0.15) is 0 Å². The summed E-state index contributed by atoms with van der Waals surface area (Å²) >= 11 is 0. The lowest BCUT2D eigenvalue weighted by Gasteiger charge is -2.30. The molecule has 2 aliphatic rings. The Labute approximate surface area is 99.3 Å². The number of hydrogen-bond acceptors (Lipinski definition) is 3. The highest BCUT2D eigenvalue weighted by Gasteiger charge is 2.41. The minimum absolute atomic E-state index is 0.375. The molecule has 1 spiro atoms. The zero-order valence-electron chi connectivity index (χ0n) is 9.57. The van der Waals surface area contributed by atoms with Crippen LogP contribution in [0.1, 0.15) is 17.7 Å². The fourth-order valence-electron chi connectivity index (χ4n) is 2.95. The number of aryl methyl sites for hydroxylation is 1. The Morgan fingerprint density at radius 2 is 1.88 bits per heavy atom. The second-order valence-corrected chi connectivity index (χ2v) is 4.78. The summed E-state index contributed by atoms with van der Waals surface area (Å²) in [6.07, 6.45) is 2.63. The van der Waals surface area contributed by atoms with Crippen LogP contribution < -0.4 is 0 Å². The molecule has 2 heterocycles. The maximum absolute atomic E-state index is 5.88. The van der Waals surface area contributed by atoms with E-state index in [0.29, 0.717) is 13.2 Å². The van der Waals surface area contributed by atoms with Crippen LogP contribution in [0, 0.1) is 0 Å². The van der Waals surface area contributed by atoms with Crippen molar-refractivity contribution in [1.82, 2.24) is 0 Å². The molecule has 4 rings (SSSR count). The Hall–Kier alpha value is -1.32. The summed E-state index contributed by atoms with van der Waals surface area (Å²) in [6, 6.07) is 8.20. The first-order valence-corrected chi connectivity index (χ1v) is 6.14. The predicted molar refractivity (Wildman–Crippen MR) is 62.9 cm³/mol. The van der Waals surface area contributed by atoms with E-state index in [1.54, 1.807) is 0 Å². The molecule has 0 N–H and O–H groups in total. The van der Waals surface area contributed by atoms with Crippen LogP contribution >= 0.6 is 0 Å². The van der Waals surface area contributed by atoms with E-state index in [-0.39, 0.29) is 5.79 Å². The van der Waals surface area contributed by atoms with Crippen molar-refractivity contribution < 1.29 is 13.9 Å². The normalized spacial score (nSPS) is 22.1. The van der Waals surface area contributed by atoms with Crippen LogP contribution in [0.25, 0.3) is 11.0 Å². The Kier molecular flexibility index (Phi) is 1.90. The lowest BCUT2D eigenvalue weighted by molar-refractivity contribution is -0.164. The number of para-hydroxylation sites is 1. The topological polar surface area (TPSA) is 31.6 Å². The maximum atomic E-state index is 5.88. The molecule has 3 nitrogen and oxygen atoms in total. The van der Waals surface area contributed by atoms with Crippen LogP contribution in [0.3, 0.4) is 0 Å². The minimum atomic E-state index is -0.375. The van der Waals surface area contributed by atoms with Gasteiger partial charge in [-0.25, -0.2) is 0 Å². The molecule has 1 aliphatic carbocycles. The largest absolute Gasteiger partial charge is 0.461 e. The van der Waals surface area contributed by atoms with Crippen molar-refractivity contribution in [3.8, 4) is 0 Å². The second kappa shape index (κ2) is 3.34. The summed E-state index contributed by atoms with van der Waals surface area (Å²) in [4.78, 5) is 0. The smallest absolute Gasteiger partial charge is 0.173 e. The van der Waals surface area contributed by atoms with Crippen molar-refractivity contribution in [2.45, 2.75) is 25.0 Å². The molecule has 0 atom stereocenters. The molecule has 2 aromatic rings. The molecule has 1 fully saturated rings. The fraction of sp³-hybridized carbons (Fsp3) is 0.429. The third-order valence-corrected chi connectivity index (χ3v) is 3.77. The molecular formula is C14H14O3. The molecule has 0 amide bonds. The molecule has 0 saturated carbocycles. The third-order valence-electron chi connectivity index (χ3n) is 3.77. The standard InChI is InChI=1S/C14H14O3/c1-2-4-12-10(3-1)11-9-14(15-7-8-16-14)6-5-13(11)17-12/h1-4H,5-9H2. The van der Waals surface area contributed by atoms with E-state index in [0.717, 1.165) is 30.6 Å². The molecular weight excluding hydrogens is 216 g/mol. The van der Waals surface area contributed by atoms with Crippen LogP contribution in [0.4, 0.5) is 0 Å². The molecule has 0 radical (unpaired) electrons. The van der Waals surface area contributed by atoms with Gasteiger partial charge in [-0.3, -0.25) is 0 Å². The monoisotopic (exact) mass is 230 g/mol. The Morgan fingerprint density at radius 1 is 1.06 bits per heavy atom. The van der Waals surface area contributed by atoms with Gasteiger partial charge in [0.25, 0.3) is 0 Å². The van der Waals surface area contributed by atoms with Gasteiger partial charge in [-0.1, -0.05) is 18.2 Å². The first kappa shape index (κ1) is 9.68.